The second kappa shape index (κ2) is 7.14. The maximum absolute atomic E-state index is 10.5. The van der Waals surface area contributed by atoms with Gasteiger partial charge in [0, 0.05) is 11.8 Å². The van der Waals surface area contributed by atoms with Gasteiger partial charge in [0.15, 0.2) is 6.29 Å². The fraction of sp³-hybridized carbons (Fsp3) is 1.00. The lowest BCUT2D eigenvalue weighted by Gasteiger charge is -2.47. The normalized spacial score (nSPS) is 53.5. The van der Waals surface area contributed by atoms with Crippen LogP contribution in [-0.4, -0.2) is 53.6 Å². The fourth-order valence-electron chi connectivity index (χ4n) is 3.51. The summed E-state index contributed by atoms with van der Waals surface area (Å²) in [5, 5.41) is 20.1. The summed E-state index contributed by atoms with van der Waals surface area (Å²) in [7, 11) is 0. The third-order valence-electron chi connectivity index (χ3n) is 6.02. The van der Waals surface area contributed by atoms with Crippen LogP contribution < -0.4 is 0 Å². The average molecular weight is 316 g/mol. The van der Waals surface area contributed by atoms with Crippen molar-refractivity contribution in [3.63, 3.8) is 0 Å². The van der Waals surface area contributed by atoms with Crippen LogP contribution in [0.1, 0.15) is 41.5 Å². The fourth-order valence-corrected chi connectivity index (χ4v) is 3.51. The van der Waals surface area contributed by atoms with Gasteiger partial charge >= 0.3 is 0 Å². The van der Waals surface area contributed by atoms with Crippen LogP contribution in [0.15, 0.2) is 0 Å². The minimum Gasteiger partial charge on any atom is -0.394 e. The molecule has 0 aromatic rings. The molecule has 130 valence electrons. The predicted octanol–water partition coefficient (Wildman–Crippen LogP) is 1.80. The van der Waals surface area contributed by atoms with Crippen molar-refractivity contribution in [2.75, 3.05) is 6.61 Å². The van der Waals surface area contributed by atoms with Crippen LogP contribution in [0.2, 0.25) is 0 Å². The van der Waals surface area contributed by atoms with Crippen molar-refractivity contribution in [3.8, 4) is 0 Å². The zero-order valence-electron chi connectivity index (χ0n) is 14.6. The summed E-state index contributed by atoms with van der Waals surface area (Å²) in [6.07, 6.45) is -2.10. The van der Waals surface area contributed by atoms with E-state index < -0.39 is 18.3 Å². The van der Waals surface area contributed by atoms with Gasteiger partial charge in [0.05, 0.1) is 24.9 Å². The van der Waals surface area contributed by atoms with Gasteiger partial charge in [0.1, 0.15) is 12.2 Å². The molecule has 0 spiro atoms. The third-order valence-corrected chi connectivity index (χ3v) is 6.02. The Morgan fingerprint density at radius 2 is 1.41 bits per heavy atom. The van der Waals surface area contributed by atoms with E-state index in [2.05, 4.69) is 27.7 Å². The second-order valence-corrected chi connectivity index (χ2v) is 7.30. The van der Waals surface area contributed by atoms with Crippen molar-refractivity contribution in [3.05, 3.63) is 0 Å². The molecule has 0 aromatic heterocycles. The van der Waals surface area contributed by atoms with Crippen molar-refractivity contribution in [1.82, 2.24) is 0 Å². The van der Waals surface area contributed by atoms with E-state index in [1.807, 2.05) is 13.8 Å². The highest BCUT2D eigenvalue weighted by atomic mass is 16.7. The van der Waals surface area contributed by atoms with E-state index in [4.69, 9.17) is 14.2 Å². The lowest BCUT2D eigenvalue weighted by atomic mass is 9.79. The molecule has 22 heavy (non-hydrogen) atoms. The number of ether oxygens (including phenoxy) is 3. The van der Waals surface area contributed by atoms with Crippen molar-refractivity contribution in [1.29, 1.82) is 0 Å². The van der Waals surface area contributed by atoms with Gasteiger partial charge in [0.2, 0.25) is 0 Å². The van der Waals surface area contributed by atoms with Crippen LogP contribution in [0.5, 0.6) is 0 Å². The topological polar surface area (TPSA) is 68.2 Å². The van der Waals surface area contributed by atoms with Crippen LogP contribution in [0, 0.1) is 23.7 Å². The summed E-state index contributed by atoms with van der Waals surface area (Å²) in [6, 6.07) is 0. The Balaban J connectivity index is 2.10. The molecule has 2 saturated heterocycles. The Bertz CT molecular complexity index is 361. The molecular weight excluding hydrogens is 284 g/mol. The molecule has 0 bridgehead atoms. The molecule has 2 rings (SSSR count). The molecule has 5 nitrogen and oxygen atoms in total. The van der Waals surface area contributed by atoms with E-state index in [1.54, 1.807) is 0 Å². The highest BCUT2D eigenvalue weighted by molar-refractivity contribution is 4.91. The van der Waals surface area contributed by atoms with Crippen molar-refractivity contribution in [2.24, 2.45) is 23.7 Å². The monoisotopic (exact) mass is 316 g/mol. The van der Waals surface area contributed by atoms with Gasteiger partial charge in [-0.25, -0.2) is 0 Å². The third kappa shape index (κ3) is 3.34. The molecule has 2 aliphatic rings. The number of aliphatic hydroxyl groups excluding tert-OH is 2. The predicted molar refractivity (Wildman–Crippen MR) is 83.3 cm³/mol. The zero-order chi connectivity index (χ0) is 16.6. The molecule has 6 unspecified atom stereocenters. The summed E-state index contributed by atoms with van der Waals surface area (Å²) in [6.45, 7) is 12.3. The second-order valence-electron chi connectivity index (χ2n) is 7.30. The molecule has 0 aromatic carbocycles. The van der Waals surface area contributed by atoms with E-state index >= 15 is 0 Å². The highest BCUT2D eigenvalue weighted by Crippen LogP contribution is 2.37. The lowest BCUT2D eigenvalue weighted by Crippen LogP contribution is -2.58. The lowest BCUT2D eigenvalue weighted by molar-refractivity contribution is -0.307. The van der Waals surface area contributed by atoms with Gasteiger partial charge in [-0.1, -0.05) is 27.7 Å². The van der Waals surface area contributed by atoms with Crippen LogP contribution in [0.25, 0.3) is 0 Å². The van der Waals surface area contributed by atoms with E-state index in [9.17, 15) is 10.2 Å². The minimum absolute atomic E-state index is 0.0412. The Hall–Kier alpha value is -0.200. The van der Waals surface area contributed by atoms with Gasteiger partial charge < -0.3 is 24.4 Å². The van der Waals surface area contributed by atoms with Gasteiger partial charge in [-0.2, -0.15) is 0 Å². The Kier molecular flexibility index (Phi) is 5.89. The minimum atomic E-state index is -0.665. The van der Waals surface area contributed by atoms with Crippen molar-refractivity contribution >= 4 is 0 Å². The molecule has 0 amide bonds. The van der Waals surface area contributed by atoms with Crippen LogP contribution in [0.4, 0.5) is 0 Å². The standard InChI is InChI=1S/C17H32O5/c1-8-9(2)12(5)21-17(10(8)3)22-16-14(7-18)20-13(6)11(4)15(16)19/h8-19H,7H2,1-6H3/t8?,9-,10?,11?,12?,13?,14?,15+,16-,17+/m0/s1. The van der Waals surface area contributed by atoms with Crippen molar-refractivity contribution in [2.45, 2.75) is 78.4 Å². The molecule has 10 atom stereocenters. The summed E-state index contributed by atoms with van der Waals surface area (Å²) < 4.78 is 17.9. The number of rotatable bonds is 3. The molecular formula is C17H32O5. The number of aliphatic hydroxyl groups is 2. The zero-order valence-corrected chi connectivity index (χ0v) is 14.6. The summed E-state index contributed by atoms with van der Waals surface area (Å²) in [4.78, 5) is 0. The first-order valence-electron chi connectivity index (χ1n) is 8.53. The highest BCUT2D eigenvalue weighted by Gasteiger charge is 2.46. The largest absolute Gasteiger partial charge is 0.394 e. The van der Waals surface area contributed by atoms with E-state index in [0.29, 0.717) is 11.8 Å². The molecule has 0 saturated carbocycles. The number of hydrogen-bond donors (Lipinski definition) is 2. The first kappa shape index (κ1) is 18.1. The van der Waals surface area contributed by atoms with E-state index in [1.165, 1.54) is 0 Å². The van der Waals surface area contributed by atoms with Crippen LogP contribution in [0.3, 0.4) is 0 Å². The average Bonchev–Trinajstić information content (AvgIpc) is 2.50. The Labute approximate surface area is 133 Å². The summed E-state index contributed by atoms with van der Waals surface area (Å²) in [5.41, 5.74) is 0. The van der Waals surface area contributed by atoms with E-state index in [0.717, 1.165) is 0 Å². The maximum Gasteiger partial charge on any atom is 0.161 e. The van der Waals surface area contributed by atoms with Crippen LogP contribution >= 0.6 is 0 Å². The van der Waals surface area contributed by atoms with E-state index in [-0.39, 0.29) is 36.9 Å². The Morgan fingerprint density at radius 1 is 0.818 bits per heavy atom. The van der Waals surface area contributed by atoms with Gasteiger partial charge in [-0.05, 0) is 25.7 Å². The summed E-state index contributed by atoms with van der Waals surface area (Å²) in [5.74, 6) is 1.13. The summed E-state index contributed by atoms with van der Waals surface area (Å²) >= 11 is 0. The molecule has 2 heterocycles. The molecule has 2 fully saturated rings. The maximum atomic E-state index is 10.5. The van der Waals surface area contributed by atoms with Gasteiger partial charge in [0.25, 0.3) is 0 Å². The van der Waals surface area contributed by atoms with Gasteiger partial charge in [-0.15, -0.1) is 0 Å². The molecule has 0 aliphatic carbocycles. The quantitative estimate of drug-likeness (QED) is 0.831. The first-order valence-corrected chi connectivity index (χ1v) is 8.53. The smallest absolute Gasteiger partial charge is 0.161 e. The first-order chi connectivity index (χ1) is 10.3. The van der Waals surface area contributed by atoms with Crippen molar-refractivity contribution < 1.29 is 24.4 Å². The molecule has 2 aliphatic heterocycles. The van der Waals surface area contributed by atoms with Crippen LogP contribution in [-0.2, 0) is 14.2 Å². The molecule has 5 heteroatoms. The SMILES string of the molecule is CC1OC(CO)[C@H](O[C@H]2OC(C)[C@@H](C)C(C)C2C)[C@H](O)C1C. The molecule has 0 radical (unpaired) electrons. The van der Waals surface area contributed by atoms with Gasteiger partial charge in [-0.3, -0.25) is 0 Å². The number of hydrogen-bond acceptors (Lipinski definition) is 5. The molecule has 2 N–H and O–H groups in total. The Morgan fingerprint density at radius 3 is 2.00 bits per heavy atom.